The fourth-order valence-electron chi connectivity index (χ4n) is 2.91. The highest BCUT2D eigenvalue weighted by Gasteiger charge is 2.26. The lowest BCUT2D eigenvalue weighted by Crippen LogP contribution is -2.48. The second-order valence-electron chi connectivity index (χ2n) is 7.55. The Morgan fingerprint density at radius 1 is 1.00 bits per heavy atom. The summed E-state index contributed by atoms with van der Waals surface area (Å²) in [7, 11) is 0. The van der Waals surface area contributed by atoms with Crippen molar-refractivity contribution >= 4 is 35.0 Å². The van der Waals surface area contributed by atoms with Gasteiger partial charge < -0.3 is 10.2 Å². The number of aryl methyl sites for hydroxylation is 1. The van der Waals surface area contributed by atoms with Crippen LogP contribution in [-0.2, 0) is 22.6 Å². The van der Waals surface area contributed by atoms with Crippen LogP contribution in [0.15, 0.2) is 48.5 Å². The van der Waals surface area contributed by atoms with E-state index in [2.05, 4.69) is 5.32 Å². The molecule has 2 amide bonds. The minimum absolute atomic E-state index is 0.0907. The predicted octanol–water partition coefficient (Wildman–Crippen LogP) is 5.12. The second-order valence-corrected chi connectivity index (χ2v) is 8.40. The van der Waals surface area contributed by atoms with Gasteiger partial charge in [-0.15, -0.1) is 0 Å². The molecule has 0 aromatic heterocycles. The van der Waals surface area contributed by atoms with Gasteiger partial charge in [0.1, 0.15) is 6.04 Å². The highest BCUT2D eigenvalue weighted by atomic mass is 35.5. The number of rotatable bonds is 9. The molecular formula is C23H28Cl2N2O2. The van der Waals surface area contributed by atoms with Crippen molar-refractivity contribution in [3.63, 3.8) is 0 Å². The van der Waals surface area contributed by atoms with Gasteiger partial charge in [0.05, 0.1) is 0 Å². The lowest BCUT2D eigenvalue weighted by Gasteiger charge is -2.29. The maximum absolute atomic E-state index is 13.1. The molecule has 0 aliphatic heterocycles. The van der Waals surface area contributed by atoms with Crippen LogP contribution in [0.5, 0.6) is 0 Å². The zero-order valence-corrected chi connectivity index (χ0v) is 18.6. The van der Waals surface area contributed by atoms with Crippen LogP contribution in [0.2, 0.25) is 10.0 Å². The molecule has 0 bridgehead atoms. The van der Waals surface area contributed by atoms with E-state index in [9.17, 15) is 9.59 Å². The van der Waals surface area contributed by atoms with Gasteiger partial charge in [0, 0.05) is 29.6 Å². The molecule has 0 saturated carbocycles. The molecule has 29 heavy (non-hydrogen) atoms. The quantitative estimate of drug-likeness (QED) is 0.595. The Labute approximate surface area is 183 Å². The third-order valence-electron chi connectivity index (χ3n) is 4.68. The summed E-state index contributed by atoms with van der Waals surface area (Å²) in [6, 6.07) is 14.2. The molecule has 0 heterocycles. The van der Waals surface area contributed by atoms with Crippen LogP contribution in [0.4, 0.5) is 0 Å². The van der Waals surface area contributed by atoms with Crippen molar-refractivity contribution in [2.24, 2.45) is 5.92 Å². The number of halogens is 2. The van der Waals surface area contributed by atoms with E-state index in [1.165, 1.54) is 0 Å². The van der Waals surface area contributed by atoms with Crippen molar-refractivity contribution in [3.8, 4) is 0 Å². The first kappa shape index (κ1) is 23.2. The minimum Gasteiger partial charge on any atom is -0.354 e. The van der Waals surface area contributed by atoms with Crippen LogP contribution in [0, 0.1) is 5.92 Å². The van der Waals surface area contributed by atoms with E-state index >= 15 is 0 Å². The number of nitrogens with zero attached hydrogens (tertiary/aromatic N) is 1. The zero-order valence-electron chi connectivity index (χ0n) is 17.1. The molecule has 0 radical (unpaired) electrons. The molecule has 0 fully saturated rings. The Kier molecular flexibility index (Phi) is 8.99. The number of benzene rings is 2. The van der Waals surface area contributed by atoms with Gasteiger partial charge in [0.2, 0.25) is 11.8 Å². The molecule has 0 aliphatic rings. The molecule has 1 unspecified atom stereocenters. The standard InChI is InChI=1S/C23H28Cl2N2O2/c1-16(2)14-26-23(29)17(3)27(15-18-8-11-20(24)12-9-18)22(28)13-10-19-6-4-5-7-21(19)25/h4-9,11-12,16-17H,10,13-15H2,1-3H3,(H,26,29). The first-order valence-electron chi connectivity index (χ1n) is 9.83. The van der Waals surface area contributed by atoms with Gasteiger partial charge >= 0.3 is 0 Å². The largest absolute Gasteiger partial charge is 0.354 e. The summed E-state index contributed by atoms with van der Waals surface area (Å²) < 4.78 is 0. The van der Waals surface area contributed by atoms with E-state index in [0.29, 0.717) is 35.5 Å². The Balaban J connectivity index is 2.13. The summed E-state index contributed by atoms with van der Waals surface area (Å²) in [6.07, 6.45) is 0.801. The summed E-state index contributed by atoms with van der Waals surface area (Å²) in [5.74, 6) is 0.0950. The number of amides is 2. The lowest BCUT2D eigenvalue weighted by atomic mass is 10.1. The van der Waals surface area contributed by atoms with Crippen molar-refractivity contribution in [1.29, 1.82) is 0 Å². The Hall–Kier alpha value is -2.04. The highest BCUT2D eigenvalue weighted by molar-refractivity contribution is 6.31. The average Bonchev–Trinajstić information content (AvgIpc) is 2.70. The molecule has 0 spiro atoms. The Bertz CT molecular complexity index is 822. The maximum atomic E-state index is 13.1. The molecule has 1 N–H and O–H groups in total. The van der Waals surface area contributed by atoms with Gasteiger partial charge in [-0.25, -0.2) is 0 Å². The van der Waals surface area contributed by atoms with Crippen molar-refractivity contribution in [2.45, 2.75) is 46.2 Å². The van der Waals surface area contributed by atoms with Gasteiger partial charge in [0.25, 0.3) is 0 Å². The molecule has 2 aromatic rings. The summed E-state index contributed by atoms with van der Waals surface area (Å²) >= 11 is 12.2. The predicted molar refractivity (Wildman–Crippen MR) is 119 cm³/mol. The number of hydrogen-bond donors (Lipinski definition) is 1. The first-order chi connectivity index (χ1) is 13.8. The Morgan fingerprint density at radius 3 is 2.28 bits per heavy atom. The topological polar surface area (TPSA) is 49.4 Å². The van der Waals surface area contributed by atoms with Gasteiger partial charge in [-0.2, -0.15) is 0 Å². The van der Waals surface area contributed by atoms with Crippen molar-refractivity contribution in [3.05, 3.63) is 69.7 Å². The molecule has 2 rings (SSSR count). The van der Waals surface area contributed by atoms with Crippen LogP contribution in [-0.4, -0.2) is 29.3 Å². The summed E-state index contributed by atoms with van der Waals surface area (Å²) in [5.41, 5.74) is 1.84. The van der Waals surface area contributed by atoms with E-state index in [0.717, 1.165) is 11.1 Å². The van der Waals surface area contributed by atoms with Crippen LogP contribution in [0.25, 0.3) is 0 Å². The van der Waals surface area contributed by atoms with E-state index in [1.807, 2.05) is 50.2 Å². The normalized spacial score (nSPS) is 11.9. The van der Waals surface area contributed by atoms with Crippen LogP contribution < -0.4 is 5.32 Å². The number of hydrogen-bond acceptors (Lipinski definition) is 2. The molecule has 6 heteroatoms. The zero-order chi connectivity index (χ0) is 21.4. The lowest BCUT2D eigenvalue weighted by molar-refractivity contribution is -0.140. The molecule has 2 aromatic carbocycles. The van der Waals surface area contributed by atoms with Crippen molar-refractivity contribution in [2.75, 3.05) is 6.54 Å². The fraction of sp³-hybridized carbons (Fsp3) is 0.391. The van der Waals surface area contributed by atoms with Gasteiger partial charge in [-0.1, -0.05) is 67.4 Å². The van der Waals surface area contributed by atoms with Crippen LogP contribution in [0.3, 0.4) is 0 Å². The van der Waals surface area contributed by atoms with E-state index in [1.54, 1.807) is 24.0 Å². The highest BCUT2D eigenvalue weighted by Crippen LogP contribution is 2.19. The summed E-state index contributed by atoms with van der Waals surface area (Å²) in [4.78, 5) is 27.3. The average molecular weight is 435 g/mol. The van der Waals surface area contributed by atoms with Crippen LogP contribution in [0.1, 0.15) is 38.3 Å². The van der Waals surface area contributed by atoms with Gasteiger partial charge in [0.15, 0.2) is 0 Å². The first-order valence-corrected chi connectivity index (χ1v) is 10.6. The SMILES string of the molecule is CC(C)CNC(=O)C(C)N(Cc1ccc(Cl)cc1)C(=O)CCc1ccccc1Cl. The molecule has 156 valence electrons. The number of nitrogens with one attached hydrogen (secondary N) is 1. The Morgan fingerprint density at radius 2 is 1.66 bits per heavy atom. The van der Waals surface area contributed by atoms with Crippen LogP contribution >= 0.6 is 23.2 Å². The molecule has 0 saturated heterocycles. The molecular weight excluding hydrogens is 407 g/mol. The van der Waals surface area contributed by atoms with Crippen molar-refractivity contribution < 1.29 is 9.59 Å². The second kappa shape index (κ2) is 11.2. The molecule has 0 aliphatic carbocycles. The minimum atomic E-state index is -0.580. The molecule has 4 nitrogen and oxygen atoms in total. The number of carbonyl (C=O) groups excluding carboxylic acids is 2. The molecule has 1 atom stereocenters. The maximum Gasteiger partial charge on any atom is 0.242 e. The van der Waals surface area contributed by atoms with Crippen molar-refractivity contribution in [1.82, 2.24) is 10.2 Å². The monoisotopic (exact) mass is 434 g/mol. The smallest absolute Gasteiger partial charge is 0.242 e. The van der Waals surface area contributed by atoms with Gasteiger partial charge in [-0.05, 0) is 48.6 Å². The fourth-order valence-corrected chi connectivity index (χ4v) is 3.26. The van der Waals surface area contributed by atoms with E-state index < -0.39 is 6.04 Å². The number of carbonyl (C=O) groups is 2. The third-order valence-corrected chi connectivity index (χ3v) is 5.30. The summed E-state index contributed by atoms with van der Waals surface area (Å²) in [6.45, 7) is 6.75. The summed E-state index contributed by atoms with van der Waals surface area (Å²) in [5, 5.41) is 4.20. The van der Waals surface area contributed by atoms with Gasteiger partial charge in [-0.3, -0.25) is 9.59 Å². The van der Waals surface area contributed by atoms with E-state index in [-0.39, 0.29) is 18.2 Å². The van der Waals surface area contributed by atoms with E-state index in [4.69, 9.17) is 23.2 Å². The third kappa shape index (κ3) is 7.37.